The number of Topliss-reactive ketones (excluding diaryl/α,β-unsaturated/α-hetero) is 1. The van der Waals surface area contributed by atoms with Crippen molar-refractivity contribution in [2.75, 3.05) is 26.6 Å². The number of anilines is 1. The number of aromatic nitrogens is 1. The zero-order valence-electron chi connectivity index (χ0n) is 22.4. The van der Waals surface area contributed by atoms with E-state index >= 15 is 0 Å². The van der Waals surface area contributed by atoms with Gasteiger partial charge in [0.15, 0.2) is 17.3 Å². The van der Waals surface area contributed by atoms with Crippen LogP contribution in [0.1, 0.15) is 42.7 Å². The molecular weight excluding hydrogens is 494 g/mol. The number of dihydropyridines is 1. The molecule has 1 amide bonds. The standard InChI is InChI=1S/C31H31N3O5/c1-18-28(31(36)34-27-7-5-6-14-32-27)29(20-10-13-25(38-3)26(17-20)39-4)30-23(33-18)15-21(16-24(30)35)19-8-11-22(37-2)12-9-19/h5-14,17,21,29,33H,15-16H2,1-4H3,(H,32,34,36). The average Bonchev–Trinajstić information content (AvgIpc) is 2.96. The molecule has 2 unspecified atom stereocenters. The maximum absolute atomic E-state index is 13.9. The van der Waals surface area contributed by atoms with Gasteiger partial charge < -0.3 is 24.8 Å². The fourth-order valence-corrected chi connectivity index (χ4v) is 5.44. The highest BCUT2D eigenvalue weighted by Gasteiger charge is 2.41. The van der Waals surface area contributed by atoms with Gasteiger partial charge in [0, 0.05) is 41.1 Å². The first-order chi connectivity index (χ1) is 18.9. The van der Waals surface area contributed by atoms with Gasteiger partial charge >= 0.3 is 0 Å². The summed E-state index contributed by atoms with van der Waals surface area (Å²) in [5.41, 5.74) is 4.42. The van der Waals surface area contributed by atoms with Crippen LogP contribution in [0.5, 0.6) is 17.2 Å². The largest absolute Gasteiger partial charge is 0.497 e. The van der Waals surface area contributed by atoms with Crippen LogP contribution < -0.4 is 24.8 Å². The van der Waals surface area contributed by atoms with Gasteiger partial charge in [0.25, 0.3) is 5.91 Å². The molecule has 39 heavy (non-hydrogen) atoms. The van der Waals surface area contributed by atoms with Gasteiger partial charge in [0.05, 0.1) is 21.3 Å². The number of amides is 1. The van der Waals surface area contributed by atoms with Gasteiger partial charge in [-0.15, -0.1) is 0 Å². The van der Waals surface area contributed by atoms with Crippen molar-refractivity contribution in [3.63, 3.8) is 0 Å². The summed E-state index contributed by atoms with van der Waals surface area (Å²) < 4.78 is 16.3. The van der Waals surface area contributed by atoms with Crippen LogP contribution >= 0.6 is 0 Å². The first-order valence-electron chi connectivity index (χ1n) is 12.8. The third kappa shape index (κ3) is 5.10. The Labute approximate surface area is 227 Å². The van der Waals surface area contributed by atoms with Crippen LogP contribution in [0.25, 0.3) is 0 Å². The van der Waals surface area contributed by atoms with E-state index in [1.807, 2.05) is 43.3 Å². The van der Waals surface area contributed by atoms with E-state index < -0.39 is 5.92 Å². The number of ether oxygens (including phenoxy) is 3. The molecule has 0 saturated carbocycles. The number of benzene rings is 2. The van der Waals surface area contributed by atoms with Crippen LogP contribution in [0.4, 0.5) is 5.82 Å². The monoisotopic (exact) mass is 525 g/mol. The summed E-state index contributed by atoms with van der Waals surface area (Å²) in [7, 11) is 4.77. The highest BCUT2D eigenvalue weighted by Crippen LogP contribution is 2.47. The lowest BCUT2D eigenvalue weighted by Gasteiger charge is -2.37. The molecule has 1 aliphatic heterocycles. The molecular formula is C31H31N3O5. The van der Waals surface area contributed by atoms with Crippen LogP contribution in [0, 0.1) is 0 Å². The Morgan fingerprint density at radius 1 is 0.923 bits per heavy atom. The van der Waals surface area contributed by atoms with Crippen molar-refractivity contribution in [2.45, 2.75) is 31.6 Å². The van der Waals surface area contributed by atoms with Crippen LogP contribution in [-0.2, 0) is 9.59 Å². The van der Waals surface area contributed by atoms with Crippen molar-refractivity contribution in [3.8, 4) is 17.2 Å². The SMILES string of the molecule is COc1ccc(C2CC(=O)C3=C(C2)NC(C)=C(C(=O)Nc2ccccn2)C3c2ccc(OC)c(OC)c2)cc1. The maximum Gasteiger partial charge on any atom is 0.255 e. The van der Waals surface area contributed by atoms with Gasteiger partial charge in [-0.3, -0.25) is 9.59 Å². The molecule has 2 atom stereocenters. The maximum atomic E-state index is 13.9. The van der Waals surface area contributed by atoms with Crippen LogP contribution in [-0.4, -0.2) is 38.0 Å². The third-order valence-corrected chi connectivity index (χ3v) is 7.31. The minimum Gasteiger partial charge on any atom is -0.497 e. The molecule has 0 fully saturated rings. The molecule has 0 radical (unpaired) electrons. The van der Waals surface area contributed by atoms with Gasteiger partial charge in [-0.1, -0.05) is 24.3 Å². The Balaban J connectivity index is 1.58. The van der Waals surface area contributed by atoms with Crippen molar-refractivity contribution in [3.05, 3.63) is 101 Å². The first-order valence-corrected chi connectivity index (χ1v) is 12.8. The average molecular weight is 526 g/mol. The molecule has 2 N–H and O–H groups in total. The molecule has 1 aromatic heterocycles. The van der Waals surface area contributed by atoms with Crippen molar-refractivity contribution in [1.82, 2.24) is 10.3 Å². The minimum absolute atomic E-state index is 0.0000101. The quantitative estimate of drug-likeness (QED) is 0.442. The number of nitrogens with zero attached hydrogens (tertiary/aromatic N) is 1. The zero-order valence-corrected chi connectivity index (χ0v) is 22.4. The lowest BCUT2D eigenvalue weighted by Crippen LogP contribution is -2.37. The van der Waals surface area contributed by atoms with E-state index in [4.69, 9.17) is 14.2 Å². The molecule has 1 aliphatic carbocycles. The van der Waals surface area contributed by atoms with Crippen LogP contribution in [0.3, 0.4) is 0 Å². The predicted octanol–water partition coefficient (Wildman–Crippen LogP) is 5.11. The summed E-state index contributed by atoms with van der Waals surface area (Å²) >= 11 is 0. The van der Waals surface area contributed by atoms with Gasteiger partial charge in [0.1, 0.15) is 11.6 Å². The lowest BCUT2D eigenvalue weighted by molar-refractivity contribution is -0.116. The Bertz CT molecular complexity index is 1460. The molecule has 2 heterocycles. The second kappa shape index (κ2) is 11.0. The van der Waals surface area contributed by atoms with Gasteiger partial charge in [-0.25, -0.2) is 4.98 Å². The molecule has 2 aliphatic rings. The van der Waals surface area contributed by atoms with E-state index in [9.17, 15) is 9.59 Å². The Hall–Kier alpha value is -4.59. The molecule has 8 nitrogen and oxygen atoms in total. The number of hydrogen-bond donors (Lipinski definition) is 2. The van der Waals surface area contributed by atoms with Crippen molar-refractivity contribution in [1.29, 1.82) is 0 Å². The summed E-state index contributed by atoms with van der Waals surface area (Å²) in [6.45, 7) is 1.87. The number of nitrogens with one attached hydrogen (secondary N) is 2. The summed E-state index contributed by atoms with van der Waals surface area (Å²) in [5, 5.41) is 6.31. The van der Waals surface area contributed by atoms with E-state index in [0.29, 0.717) is 47.0 Å². The minimum atomic E-state index is -0.589. The van der Waals surface area contributed by atoms with Gasteiger partial charge in [-0.05, 0) is 66.8 Å². The van der Waals surface area contributed by atoms with Crippen molar-refractivity contribution < 1.29 is 23.8 Å². The summed E-state index contributed by atoms with van der Waals surface area (Å²) in [4.78, 5) is 31.8. The van der Waals surface area contributed by atoms with E-state index in [0.717, 1.165) is 22.6 Å². The number of carbonyl (C=O) groups is 2. The van der Waals surface area contributed by atoms with Crippen molar-refractivity contribution in [2.24, 2.45) is 0 Å². The Kier molecular flexibility index (Phi) is 7.36. The van der Waals surface area contributed by atoms with Gasteiger partial charge in [0.2, 0.25) is 0 Å². The summed E-state index contributed by atoms with van der Waals surface area (Å²) in [6, 6.07) is 18.7. The normalized spacial score (nSPS) is 18.7. The van der Waals surface area contributed by atoms with E-state index in [-0.39, 0.29) is 17.6 Å². The number of allylic oxidation sites excluding steroid dienone is 3. The number of hydrogen-bond acceptors (Lipinski definition) is 7. The van der Waals surface area contributed by atoms with Gasteiger partial charge in [-0.2, -0.15) is 0 Å². The molecule has 3 aromatic rings. The summed E-state index contributed by atoms with van der Waals surface area (Å²) in [6.07, 6.45) is 2.60. The Morgan fingerprint density at radius 2 is 1.67 bits per heavy atom. The smallest absolute Gasteiger partial charge is 0.255 e. The van der Waals surface area contributed by atoms with E-state index in [1.165, 1.54) is 0 Å². The van der Waals surface area contributed by atoms with E-state index in [1.54, 1.807) is 51.8 Å². The molecule has 8 heteroatoms. The van der Waals surface area contributed by atoms with Crippen molar-refractivity contribution >= 4 is 17.5 Å². The van der Waals surface area contributed by atoms with Crippen LogP contribution in [0.15, 0.2) is 89.4 Å². The lowest BCUT2D eigenvalue weighted by atomic mass is 9.71. The molecule has 0 spiro atoms. The molecule has 200 valence electrons. The number of rotatable bonds is 7. The van der Waals surface area contributed by atoms with Crippen LogP contribution in [0.2, 0.25) is 0 Å². The zero-order chi connectivity index (χ0) is 27.5. The summed E-state index contributed by atoms with van der Waals surface area (Å²) in [5.74, 6) is 1.40. The Morgan fingerprint density at radius 3 is 2.33 bits per heavy atom. The fraction of sp³-hybridized carbons (Fsp3) is 0.258. The third-order valence-electron chi connectivity index (χ3n) is 7.31. The van der Waals surface area contributed by atoms with E-state index in [2.05, 4.69) is 15.6 Å². The second-order valence-electron chi connectivity index (χ2n) is 9.57. The predicted molar refractivity (Wildman–Crippen MR) is 148 cm³/mol. The number of ketones is 1. The fourth-order valence-electron chi connectivity index (χ4n) is 5.44. The second-order valence-corrected chi connectivity index (χ2v) is 9.57. The number of pyridine rings is 1. The highest BCUT2D eigenvalue weighted by atomic mass is 16.5. The molecule has 2 aromatic carbocycles. The number of methoxy groups -OCH3 is 3. The molecule has 0 saturated heterocycles. The number of carbonyl (C=O) groups excluding carboxylic acids is 2. The highest BCUT2D eigenvalue weighted by molar-refractivity contribution is 6.09. The first kappa shape index (κ1) is 26.0. The molecule has 5 rings (SSSR count). The topological polar surface area (TPSA) is 98.8 Å². The molecule has 0 bridgehead atoms.